The maximum atomic E-state index is 11.6. The van der Waals surface area contributed by atoms with Gasteiger partial charge in [-0.1, -0.05) is 19.9 Å². The molecule has 0 aliphatic heterocycles. The van der Waals surface area contributed by atoms with Crippen molar-refractivity contribution in [1.82, 2.24) is 0 Å². The lowest BCUT2D eigenvalue weighted by atomic mass is 9.61. The fourth-order valence-corrected chi connectivity index (χ4v) is 2.46. The monoisotopic (exact) mass is 208 g/mol. The van der Waals surface area contributed by atoms with E-state index in [1.807, 2.05) is 13.8 Å². The summed E-state index contributed by atoms with van der Waals surface area (Å²) in [6.45, 7) is 3.85. The van der Waals surface area contributed by atoms with Gasteiger partial charge < -0.3 is 10.2 Å². The molecule has 0 heterocycles. The number of hydrogen-bond donors (Lipinski definition) is 2. The zero-order chi connectivity index (χ0) is 11.2. The third-order valence-corrected chi connectivity index (χ3v) is 3.85. The summed E-state index contributed by atoms with van der Waals surface area (Å²) in [5.74, 6) is -0.0332. The van der Waals surface area contributed by atoms with E-state index >= 15 is 0 Å². The minimum atomic E-state index is -0.807. The van der Waals surface area contributed by atoms with Gasteiger partial charge in [0.1, 0.15) is 0 Å². The van der Waals surface area contributed by atoms with Crippen molar-refractivity contribution in [3.63, 3.8) is 0 Å². The van der Waals surface area contributed by atoms with Crippen molar-refractivity contribution in [2.45, 2.75) is 32.5 Å². The van der Waals surface area contributed by atoms with Crippen molar-refractivity contribution in [1.29, 1.82) is 0 Å². The highest BCUT2D eigenvalue weighted by molar-refractivity contribution is 5.94. The molecule has 0 saturated carbocycles. The summed E-state index contributed by atoms with van der Waals surface area (Å²) in [6, 6.07) is 0. The van der Waals surface area contributed by atoms with Crippen LogP contribution in [0.1, 0.15) is 20.3 Å². The second kappa shape index (κ2) is 3.29. The third kappa shape index (κ3) is 1.46. The molecule has 0 amide bonds. The Balaban J connectivity index is 2.47. The van der Waals surface area contributed by atoms with Crippen molar-refractivity contribution >= 4 is 5.78 Å². The lowest BCUT2D eigenvalue weighted by Gasteiger charge is -2.43. The van der Waals surface area contributed by atoms with E-state index in [1.165, 1.54) is 0 Å². The fourth-order valence-electron chi connectivity index (χ4n) is 2.46. The molecule has 0 saturated heterocycles. The molecule has 82 valence electrons. The van der Waals surface area contributed by atoms with Crippen LogP contribution < -0.4 is 0 Å². The molecule has 0 aromatic rings. The fraction of sp³-hybridized carbons (Fsp3) is 0.583. The molecule has 0 aromatic heterocycles. The molecule has 0 unspecified atom stereocenters. The van der Waals surface area contributed by atoms with Gasteiger partial charge in [0.25, 0.3) is 0 Å². The van der Waals surface area contributed by atoms with Crippen LogP contribution in [0.4, 0.5) is 0 Å². The van der Waals surface area contributed by atoms with E-state index in [0.717, 1.165) is 5.57 Å². The Hall–Kier alpha value is -0.930. The van der Waals surface area contributed by atoms with E-state index in [-0.39, 0.29) is 17.1 Å². The second-order valence-electron chi connectivity index (χ2n) is 4.76. The number of fused-ring (bicyclic) bond motifs is 1. The molecule has 3 heteroatoms. The van der Waals surface area contributed by atoms with Crippen LogP contribution in [0, 0.1) is 11.3 Å². The van der Waals surface area contributed by atoms with E-state index < -0.39 is 12.2 Å². The molecule has 3 nitrogen and oxygen atoms in total. The normalized spacial score (nSPS) is 44.9. The van der Waals surface area contributed by atoms with Crippen molar-refractivity contribution < 1.29 is 15.0 Å². The van der Waals surface area contributed by atoms with E-state index in [4.69, 9.17) is 0 Å². The van der Waals surface area contributed by atoms with Crippen LogP contribution in [-0.2, 0) is 4.79 Å². The molecule has 0 bridgehead atoms. The standard InChI is InChI=1S/C12H16O3/c1-7-9(13)4-3-8-5-10(14)11(15)6-12(7,8)2/h3-5,7,10-11,14-15H,6H2,1-2H3/t7-,10-,11-,12-/m1/s1. The third-order valence-electron chi connectivity index (χ3n) is 3.85. The van der Waals surface area contributed by atoms with Crippen LogP contribution in [0.15, 0.2) is 23.8 Å². The summed E-state index contributed by atoms with van der Waals surface area (Å²) in [6.07, 6.45) is 3.85. The Bertz CT molecular complexity index is 356. The summed E-state index contributed by atoms with van der Waals surface area (Å²) in [7, 11) is 0. The van der Waals surface area contributed by atoms with Crippen molar-refractivity contribution in [3.05, 3.63) is 23.8 Å². The number of aliphatic hydroxyl groups is 2. The zero-order valence-corrected chi connectivity index (χ0v) is 8.97. The first-order chi connectivity index (χ1) is 6.95. The van der Waals surface area contributed by atoms with Crippen LogP contribution in [0.25, 0.3) is 0 Å². The summed E-state index contributed by atoms with van der Waals surface area (Å²) in [5.41, 5.74) is 0.636. The number of hydrogen-bond acceptors (Lipinski definition) is 3. The molecular weight excluding hydrogens is 192 g/mol. The minimum Gasteiger partial charge on any atom is -0.390 e. The molecule has 0 fully saturated rings. The predicted molar refractivity (Wildman–Crippen MR) is 56.1 cm³/mol. The lowest BCUT2D eigenvalue weighted by Crippen LogP contribution is -2.44. The molecule has 0 spiro atoms. The van der Waals surface area contributed by atoms with Gasteiger partial charge in [-0.25, -0.2) is 0 Å². The number of carbonyl (C=O) groups excluding carboxylic acids is 1. The van der Waals surface area contributed by atoms with Gasteiger partial charge in [0, 0.05) is 11.3 Å². The molecule has 2 aliphatic rings. The molecular formula is C12H16O3. The average Bonchev–Trinajstić information content (AvgIpc) is 2.18. The zero-order valence-electron chi connectivity index (χ0n) is 8.97. The second-order valence-corrected chi connectivity index (χ2v) is 4.76. The SMILES string of the molecule is C[C@@H]1C(=O)C=CC2=C[C@@H](O)[C@H](O)C[C@@]21C. The van der Waals surface area contributed by atoms with E-state index in [0.29, 0.717) is 6.42 Å². The Morgan fingerprint density at radius 3 is 2.73 bits per heavy atom. The maximum Gasteiger partial charge on any atom is 0.159 e. The molecule has 2 N–H and O–H groups in total. The minimum absolute atomic E-state index is 0.0956. The predicted octanol–water partition coefficient (Wildman–Crippen LogP) is 0.820. The summed E-state index contributed by atoms with van der Waals surface area (Å²) >= 11 is 0. The van der Waals surface area contributed by atoms with Gasteiger partial charge >= 0.3 is 0 Å². The average molecular weight is 208 g/mol. The number of rotatable bonds is 0. The molecule has 0 aromatic carbocycles. The molecule has 15 heavy (non-hydrogen) atoms. The van der Waals surface area contributed by atoms with Gasteiger partial charge in [-0.3, -0.25) is 4.79 Å². The van der Waals surface area contributed by atoms with Crippen molar-refractivity contribution in [2.24, 2.45) is 11.3 Å². The number of aliphatic hydroxyl groups excluding tert-OH is 2. The van der Waals surface area contributed by atoms with Gasteiger partial charge in [-0.2, -0.15) is 0 Å². The molecule has 2 rings (SSSR count). The summed E-state index contributed by atoms with van der Waals surface area (Å²) in [5, 5.41) is 19.2. The van der Waals surface area contributed by atoms with Crippen LogP contribution in [0.2, 0.25) is 0 Å². The van der Waals surface area contributed by atoms with Gasteiger partial charge in [-0.05, 0) is 24.1 Å². The van der Waals surface area contributed by atoms with E-state index in [2.05, 4.69) is 0 Å². The van der Waals surface area contributed by atoms with Crippen LogP contribution >= 0.6 is 0 Å². The largest absolute Gasteiger partial charge is 0.390 e. The van der Waals surface area contributed by atoms with Crippen LogP contribution in [0.3, 0.4) is 0 Å². The highest BCUT2D eigenvalue weighted by atomic mass is 16.3. The van der Waals surface area contributed by atoms with Gasteiger partial charge in [-0.15, -0.1) is 0 Å². The smallest absolute Gasteiger partial charge is 0.159 e. The van der Waals surface area contributed by atoms with Gasteiger partial charge in [0.05, 0.1) is 12.2 Å². The summed E-state index contributed by atoms with van der Waals surface area (Å²) in [4.78, 5) is 11.6. The Morgan fingerprint density at radius 1 is 1.40 bits per heavy atom. The van der Waals surface area contributed by atoms with Crippen LogP contribution in [0.5, 0.6) is 0 Å². The molecule has 4 atom stereocenters. The Kier molecular flexibility index (Phi) is 2.32. The molecule has 0 radical (unpaired) electrons. The highest BCUT2D eigenvalue weighted by Crippen LogP contribution is 2.46. The number of carbonyl (C=O) groups is 1. The number of ketones is 1. The topological polar surface area (TPSA) is 57.5 Å². The van der Waals surface area contributed by atoms with Crippen molar-refractivity contribution in [2.75, 3.05) is 0 Å². The summed E-state index contributed by atoms with van der Waals surface area (Å²) < 4.78 is 0. The number of allylic oxidation sites excluding steroid dienone is 3. The first-order valence-corrected chi connectivity index (χ1v) is 5.25. The quantitative estimate of drug-likeness (QED) is 0.619. The Morgan fingerprint density at radius 2 is 2.07 bits per heavy atom. The first-order valence-electron chi connectivity index (χ1n) is 5.25. The van der Waals surface area contributed by atoms with Crippen LogP contribution in [-0.4, -0.2) is 28.2 Å². The van der Waals surface area contributed by atoms with Crippen molar-refractivity contribution in [3.8, 4) is 0 Å². The highest BCUT2D eigenvalue weighted by Gasteiger charge is 2.44. The van der Waals surface area contributed by atoms with E-state index in [1.54, 1.807) is 18.2 Å². The lowest BCUT2D eigenvalue weighted by molar-refractivity contribution is -0.122. The first kappa shape index (κ1) is 10.6. The van der Waals surface area contributed by atoms with Gasteiger partial charge in [0.15, 0.2) is 5.78 Å². The Labute approximate surface area is 89.1 Å². The molecule has 2 aliphatic carbocycles. The van der Waals surface area contributed by atoms with E-state index in [9.17, 15) is 15.0 Å². The maximum absolute atomic E-state index is 11.6. The van der Waals surface area contributed by atoms with Gasteiger partial charge in [0.2, 0.25) is 0 Å².